The van der Waals surface area contributed by atoms with Gasteiger partial charge in [0.25, 0.3) is 0 Å². The second-order valence-corrected chi connectivity index (χ2v) is 16.2. The van der Waals surface area contributed by atoms with E-state index >= 15 is 0 Å². The Labute approximate surface area is 349 Å². The van der Waals surface area contributed by atoms with Crippen molar-refractivity contribution >= 4 is 54.5 Å². The summed E-state index contributed by atoms with van der Waals surface area (Å²) < 4.78 is 9.22. The topological polar surface area (TPSA) is 56.7 Å². The summed E-state index contributed by atoms with van der Waals surface area (Å²) in [6, 6.07) is 69.4. The van der Waals surface area contributed by atoms with Crippen LogP contribution in [-0.2, 0) is 5.41 Å². The first-order chi connectivity index (χ1) is 30.3. The van der Waals surface area contributed by atoms with Crippen LogP contribution in [0.25, 0.3) is 105 Å². The molecule has 5 heteroatoms. The third-order valence-corrected chi connectivity index (χ3v) is 13.2. The van der Waals surface area contributed by atoms with E-state index in [2.05, 4.69) is 150 Å². The Morgan fingerprint density at radius 2 is 0.951 bits per heavy atom. The fourth-order valence-electron chi connectivity index (χ4n) is 10.9. The molecule has 0 amide bonds. The van der Waals surface area contributed by atoms with Gasteiger partial charge in [0, 0.05) is 44.3 Å². The van der Waals surface area contributed by atoms with Crippen LogP contribution in [0.15, 0.2) is 199 Å². The van der Waals surface area contributed by atoms with Gasteiger partial charge in [-0.1, -0.05) is 164 Å². The summed E-state index contributed by atoms with van der Waals surface area (Å²) in [6.45, 7) is 0. The lowest BCUT2D eigenvalue weighted by atomic mass is 9.63. The van der Waals surface area contributed by atoms with Gasteiger partial charge in [0.1, 0.15) is 11.2 Å². The smallest absolute Gasteiger partial charge is 0.164 e. The maximum atomic E-state index is 6.78. The van der Waals surface area contributed by atoms with Crippen LogP contribution in [0.1, 0.15) is 22.3 Å². The first-order valence-electron chi connectivity index (χ1n) is 20.8. The zero-order valence-corrected chi connectivity index (χ0v) is 32.7. The molecule has 0 saturated heterocycles. The van der Waals surface area contributed by atoms with Gasteiger partial charge in [0.2, 0.25) is 0 Å². The number of para-hydroxylation sites is 1. The van der Waals surface area contributed by atoms with Gasteiger partial charge in [0.15, 0.2) is 17.5 Å². The molecule has 282 valence electrons. The number of nitrogens with zero attached hydrogens (tertiary/aromatic N) is 4. The number of fused-ring (bicyclic) bond motifs is 10. The molecule has 14 rings (SSSR count). The molecule has 0 saturated carbocycles. The van der Waals surface area contributed by atoms with E-state index in [-0.39, 0.29) is 0 Å². The van der Waals surface area contributed by atoms with Gasteiger partial charge in [0.05, 0.1) is 22.1 Å². The molecule has 61 heavy (non-hydrogen) atoms. The number of furan rings is 1. The lowest BCUT2D eigenvalue weighted by molar-refractivity contribution is 0.668. The van der Waals surface area contributed by atoms with Gasteiger partial charge in [-0.15, -0.1) is 0 Å². The summed E-state index contributed by atoms with van der Waals surface area (Å²) in [5, 5.41) is 7.07. The van der Waals surface area contributed by atoms with Crippen LogP contribution in [-0.4, -0.2) is 19.5 Å². The molecule has 0 N–H and O–H groups in total. The molecule has 3 aromatic heterocycles. The van der Waals surface area contributed by atoms with Crippen LogP contribution >= 0.6 is 0 Å². The second-order valence-electron chi connectivity index (χ2n) is 16.2. The molecular weight excluding hydrogens is 745 g/mol. The van der Waals surface area contributed by atoms with Crippen LogP contribution in [0.3, 0.4) is 0 Å². The molecule has 2 aliphatic carbocycles. The molecule has 1 spiro atoms. The fraction of sp³-hybridized carbons (Fsp3) is 0.0179. The normalized spacial score (nSPS) is 13.4. The van der Waals surface area contributed by atoms with E-state index in [1.807, 2.05) is 48.5 Å². The molecule has 0 atom stereocenters. The third-order valence-electron chi connectivity index (χ3n) is 13.2. The van der Waals surface area contributed by atoms with Crippen LogP contribution in [0.4, 0.5) is 0 Å². The van der Waals surface area contributed by atoms with Gasteiger partial charge in [-0.2, -0.15) is 0 Å². The molecule has 5 nitrogen and oxygen atoms in total. The van der Waals surface area contributed by atoms with Crippen LogP contribution in [0.5, 0.6) is 0 Å². The number of hydrogen-bond acceptors (Lipinski definition) is 4. The minimum Gasteiger partial charge on any atom is -0.456 e. The van der Waals surface area contributed by atoms with Crippen molar-refractivity contribution in [3.8, 4) is 51.0 Å². The predicted octanol–water partition coefficient (Wildman–Crippen LogP) is 13.7. The molecule has 0 radical (unpaired) electrons. The Bertz CT molecular complexity index is 3720. The quantitative estimate of drug-likeness (QED) is 0.179. The Balaban J connectivity index is 1.11. The van der Waals surface area contributed by atoms with E-state index in [0.29, 0.717) is 17.5 Å². The van der Waals surface area contributed by atoms with Crippen molar-refractivity contribution in [1.82, 2.24) is 19.5 Å². The summed E-state index contributed by atoms with van der Waals surface area (Å²) in [5.41, 5.74) is 15.0. The SMILES string of the molecule is c1ccc(-c2nc(-c3ccccc3)nc(-c3cc(-n4c5cccc6c5c5c7c(cccc7ccc54)C64c5ccccc5-c5ccccc54)cc4oc5ccccc5c34)n2)cc1. The van der Waals surface area contributed by atoms with E-state index in [9.17, 15) is 0 Å². The average Bonchev–Trinajstić information content (AvgIpc) is 3.98. The lowest BCUT2D eigenvalue weighted by Crippen LogP contribution is -2.30. The van der Waals surface area contributed by atoms with E-state index in [4.69, 9.17) is 19.4 Å². The number of aromatic nitrogens is 4. The maximum absolute atomic E-state index is 6.78. The molecule has 0 fully saturated rings. The second kappa shape index (κ2) is 12.0. The minimum absolute atomic E-state index is 0.486. The molecule has 0 unspecified atom stereocenters. The van der Waals surface area contributed by atoms with Gasteiger partial charge in [-0.25, -0.2) is 15.0 Å². The monoisotopic (exact) mass is 776 g/mol. The van der Waals surface area contributed by atoms with Crippen LogP contribution in [0, 0.1) is 0 Å². The molecule has 12 aromatic rings. The first kappa shape index (κ1) is 32.8. The molecule has 0 bridgehead atoms. The lowest BCUT2D eigenvalue weighted by Gasteiger charge is -2.37. The fourth-order valence-corrected chi connectivity index (χ4v) is 10.9. The minimum atomic E-state index is -0.486. The summed E-state index contributed by atoms with van der Waals surface area (Å²) >= 11 is 0. The predicted molar refractivity (Wildman–Crippen MR) is 246 cm³/mol. The van der Waals surface area contributed by atoms with E-state index in [0.717, 1.165) is 55.3 Å². The van der Waals surface area contributed by atoms with Gasteiger partial charge in [-0.3, -0.25) is 0 Å². The molecule has 3 heterocycles. The highest BCUT2D eigenvalue weighted by molar-refractivity contribution is 6.26. The summed E-state index contributed by atoms with van der Waals surface area (Å²) in [6.07, 6.45) is 0. The largest absolute Gasteiger partial charge is 0.456 e. The molecule has 2 aliphatic rings. The number of hydrogen-bond donors (Lipinski definition) is 0. The van der Waals surface area contributed by atoms with Crippen LogP contribution in [0.2, 0.25) is 0 Å². The zero-order valence-electron chi connectivity index (χ0n) is 32.7. The van der Waals surface area contributed by atoms with E-state index in [1.165, 1.54) is 54.9 Å². The summed E-state index contributed by atoms with van der Waals surface area (Å²) in [4.78, 5) is 15.6. The third kappa shape index (κ3) is 4.26. The Morgan fingerprint density at radius 1 is 0.377 bits per heavy atom. The van der Waals surface area contributed by atoms with Gasteiger partial charge < -0.3 is 8.98 Å². The standard InChI is InChI=1S/C56H32N4O/c1-3-15-34(16-4-1)53-57-54(35-17-5-2-6-18-35)59-55(58-53)40-31-36(32-48-50(40)39-22-9-12-28-47(39)61-48)60-45-27-14-26-44-51(45)52-46(60)30-29-33-19-13-25-43(49(33)52)56(44)41-23-10-7-20-37(41)38-21-8-11-24-42(38)56/h1-32H. The summed E-state index contributed by atoms with van der Waals surface area (Å²) in [5.74, 6) is 1.82. The highest BCUT2D eigenvalue weighted by Crippen LogP contribution is 2.62. The molecular formula is C56H32N4O. The van der Waals surface area contributed by atoms with Gasteiger partial charge >= 0.3 is 0 Å². The average molecular weight is 777 g/mol. The molecule has 0 aliphatic heterocycles. The highest BCUT2D eigenvalue weighted by Gasteiger charge is 2.50. The van der Waals surface area contributed by atoms with Crippen molar-refractivity contribution in [2.75, 3.05) is 0 Å². The Hall–Kier alpha value is -8.15. The zero-order chi connectivity index (χ0) is 39.8. The van der Waals surface area contributed by atoms with Crippen molar-refractivity contribution in [1.29, 1.82) is 0 Å². The Morgan fingerprint density at radius 3 is 1.67 bits per heavy atom. The van der Waals surface area contributed by atoms with Crippen molar-refractivity contribution in [3.63, 3.8) is 0 Å². The summed E-state index contributed by atoms with van der Waals surface area (Å²) in [7, 11) is 0. The Kier molecular flexibility index (Phi) is 6.43. The van der Waals surface area contributed by atoms with E-state index in [1.54, 1.807) is 0 Å². The first-order valence-corrected chi connectivity index (χ1v) is 20.8. The highest BCUT2D eigenvalue weighted by atomic mass is 16.3. The van der Waals surface area contributed by atoms with Crippen LogP contribution < -0.4 is 0 Å². The number of rotatable bonds is 4. The van der Waals surface area contributed by atoms with Crippen molar-refractivity contribution in [3.05, 3.63) is 216 Å². The maximum Gasteiger partial charge on any atom is 0.164 e. The van der Waals surface area contributed by atoms with Crippen molar-refractivity contribution in [2.45, 2.75) is 5.41 Å². The van der Waals surface area contributed by atoms with Crippen molar-refractivity contribution < 1.29 is 4.42 Å². The van der Waals surface area contributed by atoms with E-state index < -0.39 is 5.41 Å². The van der Waals surface area contributed by atoms with Gasteiger partial charge in [-0.05, 0) is 68.4 Å². The van der Waals surface area contributed by atoms with Crippen molar-refractivity contribution in [2.24, 2.45) is 0 Å². The molecule has 9 aromatic carbocycles. The number of benzene rings is 9.